The number of hydrogen-bond acceptors (Lipinski definition) is 0. The fraction of sp³-hybridized carbons (Fsp3) is 0.111. The zero-order chi connectivity index (χ0) is 6.69. The Balaban J connectivity index is 0.000000810. The second kappa shape index (κ2) is 4.39. The first-order valence-electron chi connectivity index (χ1n) is 2.95. The third-order valence-corrected chi connectivity index (χ3v) is 1.23. The predicted molar refractivity (Wildman–Crippen MR) is 39.8 cm³/mol. The van der Waals surface area contributed by atoms with Gasteiger partial charge < -0.3 is 0 Å². The van der Waals surface area contributed by atoms with E-state index in [-0.39, 0.29) is 18.9 Å². The van der Waals surface area contributed by atoms with E-state index in [9.17, 15) is 0 Å². The Morgan fingerprint density at radius 3 is 2.00 bits per heavy atom. The van der Waals surface area contributed by atoms with E-state index in [1.54, 1.807) is 0 Å². The van der Waals surface area contributed by atoms with Crippen molar-refractivity contribution in [3.63, 3.8) is 0 Å². The Morgan fingerprint density at radius 2 is 1.70 bits per heavy atom. The zero-order valence-electron chi connectivity index (χ0n) is 6.46. The molecule has 0 saturated heterocycles. The van der Waals surface area contributed by atoms with E-state index in [0.717, 1.165) is 11.1 Å². The van der Waals surface area contributed by atoms with Gasteiger partial charge in [-0.25, -0.2) is 5.57 Å². The molecule has 1 rings (SSSR count). The van der Waals surface area contributed by atoms with Crippen molar-refractivity contribution in [3.05, 3.63) is 42.5 Å². The van der Waals surface area contributed by atoms with E-state index in [1.807, 2.05) is 37.3 Å². The van der Waals surface area contributed by atoms with Crippen LogP contribution in [0, 0.1) is 6.58 Å². The molecule has 0 atom stereocenters. The van der Waals surface area contributed by atoms with Crippen LogP contribution in [0.1, 0.15) is 12.5 Å². The quantitative estimate of drug-likeness (QED) is 0.350. The van der Waals surface area contributed by atoms with Gasteiger partial charge in [0.25, 0.3) is 0 Å². The van der Waals surface area contributed by atoms with Gasteiger partial charge in [-0.1, -0.05) is 25.1 Å². The Morgan fingerprint density at radius 1 is 1.20 bits per heavy atom. The van der Waals surface area contributed by atoms with Gasteiger partial charge in [-0.15, -0.1) is 12.1 Å². The second-order valence-electron chi connectivity index (χ2n) is 2.05. The van der Waals surface area contributed by atoms with Crippen LogP contribution in [-0.4, -0.2) is 0 Å². The van der Waals surface area contributed by atoms with Crippen molar-refractivity contribution in [2.24, 2.45) is 0 Å². The van der Waals surface area contributed by atoms with Crippen LogP contribution in [-0.2, 0) is 0 Å². The normalized spacial score (nSPS) is 8.10. The van der Waals surface area contributed by atoms with Crippen LogP contribution < -0.4 is 18.9 Å². The van der Waals surface area contributed by atoms with Crippen molar-refractivity contribution < 1.29 is 18.9 Å². The second-order valence-corrected chi connectivity index (χ2v) is 2.05. The van der Waals surface area contributed by atoms with Crippen molar-refractivity contribution in [3.8, 4) is 0 Å². The number of rotatable bonds is 1. The molecule has 0 heterocycles. The Hall–Kier alpha value is -0.443. The maximum absolute atomic E-state index is 5.53. The predicted octanol–water partition coefficient (Wildman–Crippen LogP) is -0.473. The molecule has 0 spiro atoms. The molecule has 0 aliphatic rings. The van der Waals surface area contributed by atoms with E-state index in [2.05, 4.69) is 0 Å². The summed E-state index contributed by atoms with van der Waals surface area (Å²) in [6, 6.07) is 9.93. The maximum Gasteiger partial charge on any atom is 1.00 e. The van der Waals surface area contributed by atoms with E-state index in [4.69, 9.17) is 6.58 Å². The van der Waals surface area contributed by atoms with Gasteiger partial charge in [0.2, 0.25) is 0 Å². The van der Waals surface area contributed by atoms with Gasteiger partial charge in [-0.3, -0.25) is 6.58 Å². The summed E-state index contributed by atoms with van der Waals surface area (Å²) in [6.45, 7) is 7.43. The molecule has 0 N–H and O–H groups in total. The molecule has 0 nitrogen and oxygen atoms in total. The van der Waals surface area contributed by atoms with Gasteiger partial charge in [0, 0.05) is 0 Å². The van der Waals surface area contributed by atoms with Gasteiger partial charge in [-0.05, 0) is 0 Å². The Kier molecular flexibility index (Phi) is 4.19. The first kappa shape index (κ1) is 9.56. The largest absolute Gasteiger partial charge is 1.00 e. The molecule has 0 aromatic heterocycles. The summed E-state index contributed by atoms with van der Waals surface area (Å²) in [7, 11) is 0. The summed E-state index contributed by atoms with van der Waals surface area (Å²) < 4.78 is 0. The summed E-state index contributed by atoms with van der Waals surface area (Å²) in [5, 5.41) is 0. The van der Waals surface area contributed by atoms with E-state index < -0.39 is 0 Å². The van der Waals surface area contributed by atoms with Gasteiger partial charge in [0.05, 0.1) is 0 Å². The fourth-order valence-corrected chi connectivity index (χ4v) is 0.701. The first-order chi connectivity index (χ1) is 4.30. The third-order valence-electron chi connectivity index (χ3n) is 1.23. The minimum atomic E-state index is 0. The van der Waals surface area contributed by atoms with Gasteiger partial charge in [-0.2, -0.15) is 5.56 Å². The Bertz CT molecular complexity index is 201. The van der Waals surface area contributed by atoms with Crippen LogP contribution in [0.25, 0.3) is 5.57 Å². The van der Waals surface area contributed by atoms with Gasteiger partial charge >= 0.3 is 18.9 Å². The SMILES string of the molecule is [CH-]=C(C)c1ccccc1.[Li+]. The van der Waals surface area contributed by atoms with E-state index >= 15 is 0 Å². The minimum absolute atomic E-state index is 0. The zero-order valence-corrected chi connectivity index (χ0v) is 6.46. The average molecular weight is 124 g/mol. The molecule has 0 fully saturated rings. The van der Waals surface area contributed by atoms with Crippen molar-refractivity contribution in [2.45, 2.75) is 6.92 Å². The molecule has 10 heavy (non-hydrogen) atoms. The monoisotopic (exact) mass is 124 g/mol. The molecule has 1 aromatic carbocycles. The molecular weight excluding hydrogens is 115 g/mol. The smallest absolute Gasteiger partial charge is 0.289 e. The molecule has 0 amide bonds. The Labute approximate surface area is 74.1 Å². The molecule has 0 aliphatic heterocycles. The molecule has 46 valence electrons. The van der Waals surface area contributed by atoms with Crippen LogP contribution in [0.3, 0.4) is 0 Å². The molecule has 0 bridgehead atoms. The topological polar surface area (TPSA) is 0 Å². The number of hydrogen-bond donors (Lipinski definition) is 0. The van der Waals surface area contributed by atoms with Crippen LogP contribution in [0.2, 0.25) is 0 Å². The average Bonchev–Trinajstić information content (AvgIpc) is 1.90. The molecule has 1 heteroatoms. The summed E-state index contributed by atoms with van der Waals surface area (Å²) in [4.78, 5) is 0. The molecule has 0 unspecified atom stereocenters. The first-order valence-corrected chi connectivity index (χ1v) is 2.95. The van der Waals surface area contributed by atoms with E-state index in [1.165, 1.54) is 0 Å². The molecule has 0 aliphatic carbocycles. The van der Waals surface area contributed by atoms with Crippen molar-refractivity contribution in [1.82, 2.24) is 0 Å². The van der Waals surface area contributed by atoms with Gasteiger partial charge in [0.15, 0.2) is 0 Å². The molecule has 1 aromatic rings. The van der Waals surface area contributed by atoms with Crippen molar-refractivity contribution in [2.75, 3.05) is 0 Å². The fourth-order valence-electron chi connectivity index (χ4n) is 0.701. The molecule has 0 radical (unpaired) electrons. The number of benzene rings is 1. The summed E-state index contributed by atoms with van der Waals surface area (Å²) >= 11 is 0. The number of allylic oxidation sites excluding steroid dienone is 1. The standard InChI is InChI=1S/C9H9.Li/c1-8(2)9-6-4-3-5-7-9;/h1,3-7H,2H3;/q-1;+1. The van der Waals surface area contributed by atoms with Crippen LogP contribution in [0.5, 0.6) is 0 Å². The summed E-state index contributed by atoms with van der Waals surface area (Å²) in [6.07, 6.45) is 0. The minimum Gasteiger partial charge on any atom is -0.289 e. The maximum atomic E-state index is 5.53. The summed E-state index contributed by atoms with van der Waals surface area (Å²) in [5.41, 5.74) is 1.98. The van der Waals surface area contributed by atoms with Crippen molar-refractivity contribution >= 4 is 5.57 Å². The van der Waals surface area contributed by atoms with Crippen LogP contribution >= 0.6 is 0 Å². The molecular formula is C9H9Li. The summed E-state index contributed by atoms with van der Waals surface area (Å²) in [5.74, 6) is 0. The van der Waals surface area contributed by atoms with Crippen molar-refractivity contribution in [1.29, 1.82) is 0 Å². The van der Waals surface area contributed by atoms with Crippen LogP contribution in [0.15, 0.2) is 30.3 Å². The van der Waals surface area contributed by atoms with E-state index in [0.29, 0.717) is 0 Å². The third kappa shape index (κ3) is 2.43. The van der Waals surface area contributed by atoms with Gasteiger partial charge in [0.1, 0.15) is 0 Å². The van der Waals surface area contributed by atoms with Crippen LogP contribution in [0.4, 0.5) is 0 Å². The molecule has 0 saturated carbocycles.